The van der Waals surface area contributed by atoms with Crippen molar-refractivity contribution in [1.82, 2.24) is 4.98 Å². The number of aliphatic carboxylic acids is 1. The topological polar surface area (TPSA) is 83.2 Å². The largest absolute Gasteiger partial charge is 0.495 e. The maximum Gasteiger partial charge on any atom is 0.309 e. The summed E-state index contributed by atoms with van der Waals surface area (Å²) in [5.41, 5.74) is -1.26. The number of hydrogen-bond acceptors (Lipinski definition) is 4. The van der Waals surface area contributed by atoms with Crippen molar-refractivity contribution in [2.45, 2.75) is 12.8 Å². The Balaban J connectivity index is 3.42. The summed E-state index contributed by atoms with van der Waals surface area (Å²) in [6.07, 6.45) is -2.54. The predicted molar refractivity (Wildman–Crippen MR) is 51.8 cm³/mol. The zero-order valence-corrected chi connectivity index (χ0v) is 8.78. The van der Waals surface area contributed by atoms with E-state index in [2.05, 4.69) is 9.72 Å². The minimum Gasteiger partial charge on any atom is -0.495 e. The number of methoxy groups -OCH3 is 1. The zero-order valence-electron chi connectivity index (χ0n) is 8.78. The molecule has 0 aliphatic rings. The molecule has 0 amide bonds. The number of ether oxygens (including phenoxy) is 1. The first-order valence-electron chi connectivity index (χ1n) is 4.47. The van der Waals surface area contributed by atoms with Crippen LogP contribution in [0.4, 0.5) is 8.78 Å². The Morgan fingerprint density at radius 3 is 2.76 bits per heavy atom. The first-order chi connectivity index (χ1) is 8.01. The van der Waals surface area contributed by atoms with Crippen LogP contribution in [0.15, 0.2) is 6.20 Å². The van der Waals surface area contributed by atoms with Crippen molar-refractivity contribution in [2.75, 3.05) is 7.11 Å². The van der Waals surface area contributed by atoms with Gasteiger partial charge >= 0.3 is 5.97 Å². The highest BCUT2D eigenvalue weighted by Crippen LogP contribution is 2.32. The maximum absolute atomic E-state index is 12.8. The smallest absolute Gasteiger partial charge is 0.309 e. The minimum atomic E-state index is -2.94. The van der Waals surface area contributed by atoms with E-state index < -0.39 is 29.9 Å². The molecule has 0 saturated carbocycles. The fourth-order valence-electron chi connectivity index (χ4n) is 1.33. The number of nitrogens with zero attached hydrogens (tertiary/aromatic N) is 2. The monoisotopic (exact) mass is 242 g/mol. The van der Waals surface area contributed by atoms with Crippen LogP contribution in [0.5, 0.6) is 5.75 Å². The van der Waals surface area contributed by atoms with Crippen molar-refractivity contribution in [2.24, 2.45) is 0 Å². The van der Waals surface area contributed by atoms with Crippen molar-refractivity contribution in [3.63, 3.8) is 0 Å². The Kier molecular flexibility index (Phi) is 3.93. The van der Waals surface area contributed by atoms with Crippen molar-refractivity contribution < 1.29 is 23.4 Å². The third kappa shape index (κ3) is 2.66. The van der Waals surface area contributed by atoms with Gasteiger partial charge in [0.1, 0.15) is 11.8 Å². The first kappa shape index (κ1) is 12.8. The Morgan fingerprint density at radius 2 is 2.35 bits per heavy atom. The minimum absolute atomic E-state index is 0.198. The fraction of sp³-hybridized carbons (Fsp3) is 0.300. The Hall–Kier alpha value is -2.23. The van der Waals surface area contributed by atoms with E-state index in [9.17, 15) is 13.6 Å². The molecule has 0 radical (unpaired) electrons. The number of hydrogen-bond donors (Lipinski definition) is 1. The molecular formula is C10H8F2N2O3. The lowest BCUT2D eigenvalue weighted by Crippen LogP contribution is -2.08. The number of rotatable bonds is 4. The fourth-order valence-corrected chi connectivity index (χ4v) is 1.33. The molecule has 7 heteroatoms. The first-order valence-corrected chi connectivity index (χ1v) is 4.47. The molecule has 0 bridgehead atoms. The highest BCUT2D eigenvalue weighted by Gasteiger charge is 2.23. The summed E-state index contributed by atoms with van der Waals surface area (Å²) in [4.78, 5) is 14.1. The van der Waals surface area contributed by atoms with Gasteiger partial charge in [0.2, 0.25) is 0 Å². The Labute approximate surface area is 95.3 Å². The molecule has 0 aliphatic carbocycles. The number of carboxylic acids is 1. The van der Waals surface area contributed by atoms with Gasteiger partial charge < -0.3 is 9.84 Å². The summed E-state index contributed by atoms with van der Waals surface area (Å²) in [6.45, 7) is 0. The summed E-state index contributed by atoms with van der Waals surface area (Å²) in [6, 6.07) is 1.54. The normalized spacial score (nSPS) is 10.1. The highest BCUT2D eigenvalue weighted by molar-refractivity contribution is 5.71. The third-order valence-electron chi connectivity index (χ3n) is 2.03. The van der Waals surface area contributed by atoms with Crippen LogP contribution in [0.3, 0.4) is 0 Å². The third-order valence-corrected chi connectivity index (χ3v) is 2.03. The molecule has 1 heterocycles. The second-order valence-electron chi connectivity index (χ2n) is 3.04. The molecule has 17 heavy (non-hydrogen) atoms. The van der Waals surface area contributed by atoms with E-state index in [0.29, 0.717) is 0 Å². The standard InChI is InChI=1S/C10H8F2N2O3/c1-17-7-4-14-6(2-8(15)16)5(3-13)9(7)10(11)12/h4,10H,2H2,1H3,(H,15,16). The predicted octanol–water partition coefficient (Wildman–Crippen LogP) is 1.53. The van der Waals surface area contributed by atoms with Gasteiger partial charge in [0.05, 0.1) is 36.5 Å². The Bertz CT molecular complexity index is 483. The lowest BCUT2D eigenvalue weighted by atomic mass is 10.0. The molecular weight excluding hydrogens is 234 g/mol. The molecule has 1 N–H and O–H groups in total. The van der Waals surface area contributed by atoms with Gasteiger partial charge in [0.15, 0.2) is 0 Å². The van der Waals surface area contributed by atoms with Gasteiger partial charge in [-0.2, -0.15) is 5.26 Å². The number of aromatic nitrogens is 1. The number of nitriles is 1. The summed E-state index contributed by atoms with van der Waals surface area (Å²) in [5.74, 6) is -1.48. The average Bonchev–Trinajstić information content (AvgIpc) is 2.27. The van der Waals surface area contributed by atoms with Crippen LogP contribution in [0.25, 0.3) is 0 Å². The van der Waals surface area contributed by atoms with Crippen molar-refractivity contribution >= 4 is 5.97 Å². The summed E-state index contributed by atoms with van der Waals surface area (Å²) < 4.78 is 30.2. The van der Waals surface area contributed by atoms with Gasteiger partial charge in [-0.15, -0.1) is 0 Å². The number of pyridine rings is 1. The van der Waals surface area contributed by atoms with Crippen LogP contribution in [-0.4, -0.2) is 23.2 Å². The van der Waals surface area contributed by atoms with E-state index in [-0.39, 0.29) is 11.4 Å². The molecule has 0 aromatic carbocycles. The van der Waals surface area contributed by atoms with Gasteiger partial charge in [-0.05, 0) is 0 Å². The molecule has 0 atom stereocenters. The van der Waals surface area contributed by atoms with Crippen LogP contribution in [0.2, 0.25) is 0 Å². The number of carbonyl (C=O) groups is 1. The van der Waals surface area contributed by atoms with Crippen LogP contribution in [0, 0.1) is 11.3 Å². The van der Waals surface area contributed by atoms with Crippen molar-refractivity contribution in [3.05, 3.63) is 23.0 Å². The molecule has 0 spiro atoms. The van der Waals surface area contributed by atoms with Gasteiger partial charge in [0.25, 0.3) is 6.43 Å². The zero-order chi connectivity index (χ0) is 13.0. The van der Waals surface area contributed by atoms with E-state index in [1.807, 2.05) is 0 Å². The summed E-state index contributed by atoms with van der Waals surface area (Å²) >= 11 is 0. The second-order valence-corrected chi connectivity index (χ2v) is 3.04. The number of halogens is 2. The number of carboxylic acid groups (broad SMARTS) is 1. The van der Waals surface area contributed by atoms with Crippen molar-refractivity contribution in [3.8, 4) is 11.8 Å². The molecule has 90 valence electrons. The van der Waals surface area contributed by atoms with E-state index in [0.717, 1.165) is 6.20 Å². The van der Waals surface area contributed by atoms with Gasteiger partial charge in [-0.1, -0.05) is 0 Å². The van der Waals surface area contributed by atoms with Crippen LogP contribution in [-0.2, 0) is 11.2 Å². The molecule has 1 rings (SSSR count). The average molecular weight is 242 g/mol. The summed E-state index contributed by atoms with van der Waals surface area (Å²) in [5, 5.41) is 17.4. The highest BCUT2D eigenvalue weighted by atomic mass is 19.3. The maximum atomic E-state index is 12.8. The molecule has 0 fully saturated rings. The van der Waals surface area contributed by atoms with Crippen LogP contribution in [0.1, 0.15) is 23.2 Å². The molecule has 0 saturated heterocycles. The number of alkyl halides is 2. The van der Waals surface area contributed by atoms with E-state index in [4.69, 9.17) is 10.4 Å². The van der Waals surface area contributed by atoms with E-state index >= 15 is 0 Å². The molecule has 1 aromatic heterocycles. The lowest BCUT2D eigenvalue weighted by Gasteiger charge is -2.11. The quantitative estimate of drug-likeness (QED) is 0.865. The molecule has 5 nitrogen and oxygen atoms in total. The Morgan fingerprint density at radius 1 is 1.71 bits per heavy atom. The van der Waals surface area contributed by atoms with Crippen LogP contribution >= 0.6 is 0 Å². The molecule has 0 unspecified atom stereocenters. The van der Waals surface area contributed by atoms with Crippen molar-refractivity contribution in [1.29, 1.82) is 5.26 Å². The molecule has 1 aromatic rings. The summed E-state index contributed by atoms with van der Waals surface area (Å²) in [7, 11) is 1.17. The second kappa shape index (κ2) is 5.21. The van der Waals surface area contributed by atoms with Gasteiger partial charge in [-0.25, -0.2) is 8.78 Å². The van der Waals surface area contributed by atoms with E-state index in [1.165, 1.54) is 13.2 Å². The SMILES string of the molecule is COc1cnc(CC(=O)O)c(C#N)c1C(F)F. The van der Waals surface area contributed by atoms with Crippen LogP contribution < -0.4 is 4.74 Å². The van der Waals surface area contributed by atoms with E-state index in [1.54, 1.807) is 0 Å². The molecule has 0 aliphatic heterocycles. The lowest BCUT2D eigenvalue weighted by molar-refractivity contribution is -0.136. The van der Waals surface area contributed by atoms with Gasteiger partial charge in [0, 0.05) is 0 Å². The van der Waals surface area contributed by atoms with Gasteiger partial charge in [-0.3, -0.25) is 9.78 Å².